The van der Waals surface area contributed by atoms with Crippen LogP contribution in [-0.4, -0.2) is 48.7 Å². The first-order chi connectivity index (χ1) is 13.8. The summed E-state index contributed by atoms with van der Waals surface area (Å²) >= 11 is 5.93. The predicted molar refractivity (Wildman–Crippen MR) is 104 cm³/mol. The maximum Gasteiger partial charge on any atom is 0.279 e. The molecular weight excluding hydrogens is 422 g/mol. The van der Waals surface area contributed by atoms with Gasteiger partial charge in [0, 0.05) is 11.6 Å². The molecule has 0 radical (unpaired) electrons. The van der Waals surface area contributed by atoms with Crippen LogP contribution in [0.5, 0.6) is 5.75 Å². The highest BCUT2D eigenvalue weighted by Gasteiger charge is 2.53. The van der Waals surface area contributed by atoms with Crippen LogP contribution in [0.15, 0.2) is 53.4 Å². The van der Waals surface area contributed by atoms with E-state index in [1.165, 1.54) is 29.7 Å². The summed E-state index contributed by atoms with van der Waals surface area (Å²) in [6.07, 6.45) is -0.0979. The molecule has 1 amide bonds. The molecule has 10 heteroatoms. The molecule has 1 fully saturated rings. The van der Waals surface area contributed by atoms with Crippen molar-refractivity contribution in [3.05, 3.63) is 59.1 Å². The van der Waals surface area contributed by atoms with E-state index in [1.54, 1.807) is 18.2 Å². The molecule has 2 unspecified atom stereocenters. The Bertz CT molecular complexity index is 980. The van der Waals surface area contributed by atoms with Gasteiger partial charge < -0.3 is 14.6 Å². The van der Waals surface area contributed by atoms with Crippen LogP contribution >= 0.6 is 11.6 Å². The van der Waals surface area contributed by atoms with Gasteiger partial charge >= 0.3 is 0 Å². The van der Waals surface area contributed by atoms with Crippen molar-refractivity contribution in [2.75, 3.05) is 13.2 Å². The van der Waals surface area contributed by atoms with E-state index in [0.29, 0.717) is 10.8 Å². The molecule has 0 spiro atoms. The van der Waals surface area contributed by atoms with Gasteiger partial charge in [-0.15, -0.1) is 0 Å². The maximum atomic E-state index is 13.0. The van der Waals surface area contributed by atoms with E-state index in [2.05, 4.69) is 0 Å². The molecule has 1 aliphatic heterocycles. The normalized spacial score (nSPS) is 22.1. The molecule has 8 nitrogen and oxygen atoms in total. The van der Waals surface area contributed by atoms with Crippen LogP contribution < -0.4 is 10.2 Å². The number of nitrogens with one attached hydrogen (secondary N) is 1. The van der Waals surface area contributed by atoms with Crippen LogP contribution in [0.2, 0.25) is 5.02 Å². The first kappa shape index (κ1) is 21.5. The fourth-order valence-electron chi connectivity index (χ4n) is 3.15. The van der Waals surface area contributed by atoms with Gasteiger partial charge in [-0.1, -0.05) is 23.7 Å². The van der Waals surface area contributed by atoms with E-state index in [4.69, 9.17) is 26.3 Å². The molecule has 0 bridgehead atoms. The average Bonchev–Trinajstić information content (AvgIpc) is 2.72. The zero-order chi connectivity index (χ0) is 21.1. The zero-order valence-corrected chi connectivity index (χ0v) is 16.8. The van der Waals surface area contributed by atoms with Gasteiger partial charge in [-0.3, -0.25) is 10.0 Å². The Balaban J connectivity index is 1.77. The van der Waals surface area contributed by atoms with Crippen molar-refractivity contribution < 1.29 is 33.0 Å². The number of amides is 1. The highest BCUT2D eigenvalue weighted by molar-refractivity contribution is 7.92. The highest BCUT2D eigenvalue weighted by Crippen LogP contribution is 2.32. The Labute approximate surface area is 172 Å². The van der Waals surface area contributed by atoms with Gasteiger partial charge in [-0.2, -0.15) is 0 Å². The van der Waals surface area contributed by atoms with Crippen molar-refractivity contribution in [1.82, 2.24) is 5.48 Å². The second-order valence-corrected chi connectivity index (χ2v) is 9.20. The third-order valence-electron chi connectivity index (χ3n) is 4.70. The molecule has 29 heavy (non-hydrogen) atoms. The fraction of sp³-hybridized carbons (Fsp3) is 0.316. The number of ether oxygens (including phenoxy) is 2. The molecule has 0 aliphatic carbocycles. The monoisotopic (exact) mass is 441 g/mol. The van der Waals surface area contributed by atoms with Gasteiger partial charge in [-0.05, 0) is 48.4 Å². The quantitative estimate of drug-likeness (QED) is 0.460. The fourth-order valence-corrected chi connectivity index (χ4v) is 5.31. The summed E-state index contributed by atoms with van der Waals surface area (Å²) in [6.45, 7) is -0.223. The molecule has 1 heterocycles. The molecule has 1 saturated heterocycles. The van der Waals surface area contributed by atoms with Gasteiger partial charge in [0.05, 0.1) is 11.5 Å². The molecule has 2 atom stereocenters. The molecule has 1 aliphatic rings. The predicted octanol–water partition coefficient (Wildman–Crippen LogP) is 1.72. The summed E-state index contributed by atoms with van der Waals surface area (Å²) in [5, 5.41) is 18.6. The Morgan fingerprint density at radius 1 is 1.28 bits per heavy atom. The first-order valence-electron chi connectivity index (χ1n) is 8.73. The highest BCUT2D eigenvalue weighted by atomic mass is 35.5. The lowest BCUT2D eigenvalue weighted by Crippen LogP contribution is -2.62. The Hall–Kier alpha value is -2.17. The number of aliphatic hydroxyl groups is 1. The lowest BCUT2D eigenvalue weighted by atomic mass is 9.95. The minimum atomic E-state index is -4.09. The molecule has 0 saturated carbocycles. The topological polar surface area (TPSA) is 122 Å². The molecular formula is C19H20ClNO7S. The van der Waals surface area contributed by atoms with E-state index >= 15 is 0 Å². The number of carbonyl (C=O) groups excluding carboxylic acids is 1. The van der Waals surface area contributed by atoms with Crippen LogP contribution in [0.1, 0.15) is 12.0 Å². The summed E-state index contributed by atoms with van der Waals surface area (Å²) in [5.41, 5.74) is -0.226. The van der Waals surface area contributed by atoms with Crippen LogP contribution in [-0.2, 0) is 26.0 Å². The first-order valence-corrected chi connectivity index (χ1v) is 10.7. The SMILES string of the molecule is O=C(NO)C1(O)COCCC1S(=O)(=O)c1ccc(OCc2cccc(Cl)c2)cc1. The van der Waals surface area contributed by atoms with Crippen LogP contribution in [0.3, 0.4) is 0 Å². The third kappa shape index (κ3) is 4.54. The van der Waals surface area contributed by atoms with Crippen molar-refractivity contribution in [3.63, 3.8) is 0 Å². The number of hydroxylamine groups is 1. The van der Waals surface area contributed by atoms with Crippen molar-refractivity contribution in [1.29, 1.82) is 0 Å². The van der Waals surface area contributed by atoms with Crippen molar-refractivity contribution in [3.8, 4) is 5.75 Å². The summed E-state index contributed by atoms with van der Waals surface area (Å²) in [6, 6.07) is 12.8. The van der Waals surface area contributed by atoms with Crippen LogP contribution in [0, 0.1) is 0 Å². The lowest BCUT2D eigenvalue weighted by Gasteiger charge is -2.36. The van der Waals surface area contributed by atoms with E-state index in [1.807, 2.05) is 6.07 Å². The van der Waals surface area contributed by atoms with Crippen LogP contribution in [0.25, 0.3) is 0 Å². The Kier molecular flexibility index (Phi) is 6.45. The Morgan fingerprint density at radius 2 is 2.00 bits per heavy atom. The summed E-state index contributed by atoms with van der Waals surface area (Å²) in [4.78, 5) is 11.8. The number of sulfone groups is 1. The number of carbonyl (C=O) groups is 1. The van der Waals surface area contributed by atoms with Gasteiger partial charge in [0.25, 0.3) is 5.91 Å². The van der Waals surface area contributed by atoms with E-state index in [9.17, 15) is 18.3 Å². The summed E-state index contributed by atoms with van der Waals surface area (Å²) in [7, 11) is -4.09. The smallest absolute Gasteiger partial charge is 0.279 e. The molecule has 0 aromatic heterocycles. The van der Waals surface area contributed by atoms with Gasteiger partial charge in [0.2, 0.25) is 0 Å². The number of hydrogen-bond acceptors (Lipinski definition) is 7. The second kappa shape index (κ2) is 8.68. The van der Waals surface area contributed by atoms with Gasteiger partial charge in [-0.25, -0.2) is 13.9 Å². The Morgan fingerprint density at radius 3 is 2.66 bits per heavy atom. The lowest BCUT2D eigenvalue weighted by molar-refractivity contribution is -0.161. The van der Waals surface area contributed by atoms with E-state index in [0.717, 1.165) is 5.56 Å². The van der Waals surface area contributed by atoms with Crippen molar-refractivity contribution in [2.45, 2.75) is 28.8 Å². The molecule has 2 aromatic carbocycles. The minimum Gasteiger partial charge on any atom is -0.489 e. The summed E-state index contributed by atoms with van der Waals surface area (Å²) < 4.78 is 36.7. The average molecular weight is 442 g/mol. The maximum absolute atomic E-state index is 13.0. The number of benzene rings is 2. The second-order valence-electron chi connectivity index (χ2n) is 6.63. The third-order valence-corrected chi connectivity index (χ3v) is 7.23. The molecule has 3 N–H and O–H groups in total. The van der Waals surface area contributed by atoms with Gasteiger partial charge in [0.1, 0.15) is 17.6 Å². The minimum absolute atomic E-state index is 0.0613. The van der Waals surface area contributed by atoms with Crippen molar-refractivity contribution in [2.24, 2.45) is 0 Å². The van der Waals surface area contributed by atoms with E-state index < -0.39 is 33.2 Å². The van der Waals surface area contributed by atoms with Crippen LogP contribution in [0.4, 0.5) is 0 Å². The number of halogens is 1. The van der Waals surface area contributed by atoms with Gasteiger partial charge in [0.15, 0.2) is 15.4 Å². The standard InChI is InChI=1S/C19H20ClNO7S/c20-14-3-1-2-13(10-14)11-28-15-4-6-16(7-5-15)29(25,26)17-8-9-27-12-19(17,23)18(22)21-24/h1-7,10,17,23-24H,8-9,11-12H2,(H,21,22). The summed E-state index contributed by atoms with van der Waals surface area (Å²) in [5.74, 6) is -0.786. The molecule has 3 rings (SSSR count). The van der Waals surface area contributed by atoms with E-state index in [-0.39, 0.29) is 24.5 Å². The molecule has 2 aromatic rings. The zero-order valence-electron chi connectivity index (χ0n) is 15.2. The number of rotatable bonds is 6. The largest absolute Gasteiger partial charge is 0.489 e. The molecule has 156 valence electrons. The number of hydrogen-bond donors (Lipinski definition) is 3. The van der Waals surface area contributed by atoms with Crippen molar-refractivity contribution >= 4 is 27.3 Å².